The van der Waals surface area contributed by atoms with Crippen LogP contribution in [0.1, 0.15) is 38.1 Å². The number of carbonyl (C=O) groups is 1. The summed E-state index contributed by atoms with van der Waals surface area (Å²) in [5.74, 6) is -0.205. The summed E-state index contributed by atoms with van der Waals surface area (Å²) in [5.41, 5.74) is 5.69. The number of ether oxygens (including phenoxy) is 1. The Balaban J connectivity index is 2.19. The molecule has 0 aliphatic carbocycles. The zero-order chi connectivity index (χ0) is 25.2. The van der Waals surface area contributed by atoms with E-state index in [0.29, 0.717) is 17.3 Å². The molecule has 9 nitrogen and oxygen atoms in total. The Labute approximate surface area is 202 Å². The average Bonchev–Trinajstić information content (AvgIpc) is 3.29. The predicted octanol–water partition coefficient (Wildman–Crippen LogP) is 3.53. The molecule has 0 atom stereocenters. The topological polar surface area (TPSA) is 115 Å². The first-order valence-electron chi connectivity index (χ1n) is 11.0. The lowest BCUT2D eigenvalue weighted by Crippen LogP contribution is -2.43. The normalized spacial score (nSPS) is 11.3. The number of halogens is 1. The van der Waals surface area contributed by atoms with Crippen molar-refractivity contribution in [1.29, 1.82) is 0 Å². The van der Waals surface area contributed by atoms with Crippen LogP contribution in [0, 0.1) is 11.8 Å². The van der Waals surface area contributed by atoms with Crippen molar-refractivity contribution in [1.82, 2.24) is 14.1 Å². The van der Waals surface area contributed by atoms with Gasteiger partial charge in [-0.2, -0.15) is 0 Å². The molecule has 0 aliphatic heterocycles. The second-order valence-electron chi connectivity index (χ2n) is 8.90. The highest BCUT2D eigenvalue weighted by atomic mass is 35.5. The van der Waals surface area contributed by atoms with Crippen LogP contribution in [-0.2, 0) is 6.54 Å². The minimum atomic E-state index is -0.731. The smallest absolute Gasteiger partial charge is 0.330 e. The third-order valence-electron chi connectivity index (χ3n) is 5.21. The maximum absolute atomic E-state index is 13.8. The minimum Gasteiger partial charge on any atom is -0.496 e. The zero-order valence-electron chi connectivity index (χ0n) is 20.0. The van der Waals surface area contributed by atoms with E-state index in [-0.39, 0.29) is 41.2 Å². The Morgan fingerprint density at radius 2 is 1.79 bits per heavy atom. The van der Waals surface area contributed by atoms with Gasteiger partial charge in [0.25, 0.3) is 11.5 Å². The van der Waals surface area contributed by atoms with Gasteiger partial charge in [-0.05, 0) is 30.0 Å². The number of nitrogens with two attached hydrogens (primary N) is 1. The first-order chi connectivity index (χ1) is 16.0. The standard InChI is InChI=1S/C24H30ClN5O4/c1-14(2)12-29(20-21(26)30(13-15(3)4)24(33)27-22(20)31)23(32)16-10-17(25)18(11-19(16)34-5)28-8-6-7-9-28/h6-11,14-15H,12-13,26H2,1-5H3,(H,27,31,33). The van der Waals surface area contributed by atoms with Gasteiger partial charge in [0, 0.05) is 31.5 Å². The molecule has 0 spiro atoms. The van der Waals surface area contributed by atoms with E-state index in [1.165, 1.54) is 22.6 Å². The molecule has 3 aromatic rings. The fraction of sp³-hybridized carbons (Fsp3) is 0.375. The summed E-state index contributed by atoms with van der Waals surface area (Å²) in [6.07, 6.45) is 3.65. The van der Waals surface area contributed by atoms with E-state index in [4.69, 9.17) is 22.1 Å². The van der Waals surface area contributed by atoms with E-state index < -0.39 is 17.2 Å². The number of rotatable bonds is 8. The van der Waals surface area contributed by atoms with Gasteiger partial charge in [-0.15, -0.1) is 0 Å². The third kappa shape index (κ3) is 5.04. The molecule has 0 saturated carbocycles. The number of nitrogens with one attached hydrogen (secondary N) is 1. The second kappa shape index (κ2) is 10.2. The molecule has 3 N–H and O–H groups in total. The Morgan fingerprint density at radius 1 is 1.15 bits per heavy atom. The highest BCUT2D eigenvalue weighted by molar-refractivity contribution is 6.33. The first-order valence-corrected chi connectivity index (χ1v) is 11.4. The number of hydrogen-bond acceptors (Lipinski definition) is 5. The molecule has 0 saturated heterocycles. The van der Waals surface area contributed by atoms with E-state index in [1.807, 2.05) is 52.2 Å². The lowest BCUT2D eigenvalue weighted by atomic mass is 10.1. The minimum absolute atomic E-state index is 0.00570. The van der Waals surface area contributed by atoms with Crippen molar-refractivity contribution in [3.63, 3.8) is 0 Å². The number of benzene rings is 1. The van der Waals surface area contributed by atoms with Gasteiger partial charge in [-0.25, -0.2) is 4.79 Å². The van der Waals surface area contributed by atoms with Gasteiger partial charge in [-0.1, -0.05) is 39.3 Å². The second-order valence-corrected chi connectivity index (χ2v) is 9.31. The maximum Gasteiger partial charge on any atom is 0.330 e. The van der Waals surface area contributed by atoms with Gasteiger partial charge in [-0.3, -0.25) is 19.1 Å². The molecular formula is C24H30ClN5O4. The predicted molar refractivity (Wildman–Crippen MR) is 134 cm³/mol. The summed E-state index contributed by atoms with van der Waals surface area (Å²) in [6, 6.07) is 6.89. The number of nitrogen functional groups attached to an aromatic ring is 1. The molecule has 0 bridgehead atoms. The van der Waals surface area contributed by atoms with Gasteiger partial charge >= 0.3 is 5.69 Å². The monoisotopic (exact) mass is 487 g/mol. The molecule has 0 unspecified atom stereocenters. The number of aromatic nitrogens is 3. The Morgan fingerprint density at radius 3 is 2.35 bits per heavy atom. The van der Waals surface area contributed by atoms with E-state index in [1.54, 1.807) is 10.6 Å². The van der Waals surface area contributed by atoms with E-state index in [2.05, 4.69) is 4.98 Å². The zero-order valence-corrected chi connectivity index (χ0v) is 20.7. The molecule has 2 heterocycles. The van der Waals surface area contributed by atoms with Crippen LogP contribution in [0.25, 0.3) is 5.69 Å². The van der Waals surface area contributed by atoms with Crippen molar-refractivity contribution in [3.8, 4) is 11.4 Å². The molecule has 1 aromatic carbocycles. The van der Waals surface area contributed by atoms with Crippen molar-refractivity contribution < 1.29 is 9.53 Å². The van der Waals surface area contributed by atoms with Crippen LogP contribution in [0.4, 0.5) is 11.5 Å². The van der Waals surface area contributed by atoms with E-state index >= 15 is 0 Å². The third-order valence-corrected chi connectivity index (χ3v) is 5.51. The van der Waals surface area contributed by atoms with Crippen LogP contribution in [0.3, 0.4) is 0 Å². The number of methoxy groups -OCH3 is 1. The quantitative estimate of drug-likeness (QED) is 0.504. The molecule has 34 heavy (non-hydrogen) atoms. The number of carbonyl (C=O) groups excluding carboxylic acids is 1. The van der Waals surface area contributed by atoms with E-state index in [0.717, 1.165) is 0 Å². The molecule has 10 heteroatoms. The van der Waals surface area contributed by atoms with Crippen LogP contribution in [0.5, 0.6) is 5.75 Å². The van der Waals surface area contributed by atoms with Gasteiger partial charge in [0.2, 0.25) is 0 Å². The highest BCUT2D eigenvalue weighted by Crippen LogP contribution is 2.32. The summed E-state index contributed by atoms with van der Waals surface area (Å²) in [4.78, 5) is 42.7. The summed E-state index contributed by atoms with van der Waals surface area (Å²) in [5, 5.41) is 0.330. The van der Waals surface area contributed by atoms with Crippen molar-refractivity contribution >= 4 is 29.0 Å². The summed E-state index contributed by atoms with van der Waals surface area (Å²) in [6.45, 7) is 8.15. The van der Waals surface area contributed by atoms with Gasteiger partial charge < -0.3 is 19.9 Å². The molecule has 0 fully saturated rings. The Kier molecular flexibility index (Phi) is 7.56. The van der Waals surface area contributed by atoms with Crippen LogP contribution in [0.2, 0.25) is 5.02 Å². The molecule has 1 amide bonds. The van der Waals surface area contributed by atoms with Gasteiger partial charge in [0.1, 0.15) is 11.6 Å². The molecule has 0 radical (unpaired) electrons. The lowest BCUT2D eigenvalue weighted by Gasteiger charge is -2.27. The van der Waals surface area contributed by atoms with E-state index in [9.17, 15) is 14.4 Å². The fourth-order valence-electron chi connectivity index (χ4n) is 3.74. The highest BCUT2D eigenvalue weighted by Gasteiger charge is 2.29. The summed E-state index contributed by atoms with van der Waals surface area (Å²) >= 11 is 6.53. The molecule has 2 aromatic heterocycles. The Hall–Kier alpha value is -3.46. The molecule has 0 aliphatic rings. The fourth-order valence-corrected chi connectivity index (χ4v) is 4.00. The largest absolute Gasteiger partial charge is 0.496 e. The molecule has 182 valence electrons. The van der Waals surface area contributed by atoms with Crippen molar-refractivity contribution in [2.45, 2.75) is 34.2 Å². The van der Waals surface area contributed by atoms with Crippen molar-refractivity contribution in [3.05, 3.63) is 68.1 Å². The lowest BCUT2D eigenvalue weighted by molar-refractivity contribution is 0.0980. The Bertz CT molecular complexity index is 1290. The van der Waals surface area contributed by atoms with Crippen LogP contribution in [-0.4, -0.2) is 33.7 Å². The number of aromatic amines is 1. The number of nitrogens with zero attached hydrogens (tertiary/aromatic N) is 3. The van der Waals surface area contributed by atoms with Crippen LogP contribution >= 0.6 is 11.6 Å². The van der Waals surface area contributed by atoms with Gasteiger partial charge in [0.05, 0.1) is 23.4 Å². The number of anilines is 2. The maximum atomic E-state index is 13.8. The van der Waals surface area contributed by atoms with Crippen molar-refractivity contribution in [2.75, 3.05) is 24.3 Å². The van der Waals surface area contributed by atoms with Crippen LogP contribution < -0.4 is 26.6 Å². The van der Waals surface area contributed by atoms with Crippen molar-refractivity contribution in [2.24, 2.45) is 11.8 Å². The SMILES string of the molecule is COc1cc(-n2cccc2)c(Cl)cc1C(=O)N(CC(C)C)c1c(N)n(CC(C)C)c(=O)[nH]c1=O. The summed E-state index contributed by atoms with van der Waals surface area (Å²) < 4.78 is 8.60. The molecular weight excluding hydrogens is 458 g/mol. The average molecular weight is 488 g/mol. The number of H-pyrrole nitrogens is 1. The molecule has 3 rings (SSSR count). The van der Waals surface area contributed by atoms with Gasteiger partial charge in [0.15, 0.2) is 5.69 Å². The number of amides is 1. The summed E-state index contributed by atoms with van der Waals surface area (Å²) in [7, 11) is 1.45. The number of hydrogen-bond donors (Lipinski definition) is 2. The first kappa shape index (κ1) is 25.2. The van der Waals surface area contributed by atoms with Crippen LogP contribution in [0.15, 0.2) is 46.2 Å².